The number of hydrogen-bond donors (Lipinski definition) is 2. The molecule has 1 heterocycles. The van der Waals surface area contributed by atoms with Gasteiger partial charge in [0, 0.05) is 23.5 Å². The molecule has 3 rings (SSSR count). The Morgan fingerprint density at radius 1 is 1.00 bits per heavy atom. The Hall–Kier alpha value is -3.15. The van der Waals surface area contributed by atoms with Crippen LogP contribution in [0.5, 0.6) is 0 Å². The summed E-state index contributed by atoms with van der Waals surface area (Å²) in [4.78, 5) is 38.4. The normalized spacial score (nSPS) is 16.1. The summed E-state index contributed by atoms with van der Waals surface area (Å²) < 4.78 is 0. The third-order valence-electron chi connectivity index (χ3n) is 4.62. The maximum atomic E-state index is 12.7. The van der Waals surface area contributed by atoms with Crippen LogP contribution in [-0.2, 0) is 4.79 Å². The highest BCUT2D eigenvalue weighted by Gasteiger charge is 2.34. The van der Waals surface area contributed by atoms with Gasteiger partial charge in [0.1, 0.15) is 6.04 Å². The molecule has 140 valence electrons. The van der Waals surface area contributed by atoms with E-state index in [9.17, 15) is 14.4 Å². The molecule has 2 N–H and O–H groups in total. The summed E-state index contributed by atoms with van der Waals surface area (Å²) in [6.07, 6.45) is 1.39. The fraction of sp³-hybridized carbons (Fsp3) is 0.286. The van der Waals surface area contributed by atoms with Crippen molar-refractivity contribution in [2.75, 3.05) is 17.2 Å². The molecule has 0 unspecified atom stereocenters. The van der Waals surface area contributed by atoms with Crippen molar-refractivity contribution in [1.82, 2.24) is 4.90 Å². The molecule has 0 aromatic heterocycles. The smallest absolute Gasteiger partial charge is 0.322 e. The number of ketones is 1. The number of nitrogens with zero attached hydrogens (tertiary/aromatic N) is 1. The molecule has 0 bridgehead atoms. The first kappa shape index (κ1) is 18.6. The summed E-state index contributed by atoms with van der Waals surface area (Å²) in [5.41, 5.74) is 2.85. The van der Waals surface area contributed by atoms with Crippen molar-refractivity contribution in [3.8, 4) is 0 Å². The largest absolute Gasteiger partial charge is 0.324 e. The number of carbonyl (C=O) groups is 3. The first-order valence-electron chi connectivity index (χ1n) is 9.00. The summed E-state index contributed by atoms with van der Waals surface area (Å²) in [6, 6.07) is 13.5. The van der Waals surface area contributed by atoms with E-state index in [2.05, 4.69) is 10.6 Å². The molecule has 1 fully saturated rings. The Labute approximate surface area is 158 Å². The zero-order chi connectivity index (χ0) is 19.4. The molecule has 0 saturated carbocycles. The van der Waals surface area contributed by atoms with Crippen LogP contribution in [0.4, 0.5) is 16.2 Å². The maximum Gasteiger partial charge on any atom is 0.322 e. The van der Waals surface area contributed by atoms with Gasteiger partial charge in [-0.05, 0) is 56.5 Å². The lowest BCUT2D eigenvalue weighted by atomic mass is 10.1. The van der Waals surface area contributed by atoms with Crippen molar-refractivity contribution in [1.29, 1.82) is 0 Å². The number of Topliss-reactive ketones (excluding diaryl/α,β-unsaturated/α-hetero) is 1. The third-order valence-corrected chi connectivity index (χ3v) is 4.62. The standard InChI is InChI=1S/C21H23N3O3/c1-14-6-3-8-17(12-14)22-20(26)19-10-5-11-24(19)21(27)23-18-9-4-7-16(13-18)15(2)25/h3-4,6-9,12-13,19H,5,10-11H2,1-2H3,(H,22,26)(H,23,27)/t19-/m1/s1. The fourth-order valence-electron chi connectivity index (χ4n) is 3.24. The van der Waals surface area contributed by atoms with E-state index in [0.717, 1.165) is 17.7 Å². The van der Waals surface area contributed by atoms with Crippen LogP contribution in [0.2, 0.25) is 0 Å². The lowest BCUT2D eigenvalue weighted by Crippen LogP contribution is -2.45. The van der Waals surface area contributed by atoms with Crippen molar-refractivity contribution in [3.63, 3.8) is 0 Å². The predicted molar refractivity (Wildman–Crippen MR) is 105 cm³/mol. The quantitative estimate of drug-likeness (QED) is 0.808. The van der Waals surface area contributed by atoms with Gasteiger partial charge < -0.3 is 15.5 Å². The van der Waals surface area contributed by atoms with E-state index >= 15 is 0 Å². The minimum atomic E-state index is -0.512. The van der Waals surface area contributed by atoms with Crippen LogP contribution in [0.25, 0.3) is 0 Å². The van der Waals surface area contributed by atoms with Gasteiger partial charge in [0.2, 0.25) is 5.91 Å². The van der Waals surface area contributed by atoms with Gasteiger partial charge in [0.15, 0.2) is 5.78 Å². The maximum absolute atomic E-state index is 12.7. The Balaban J connectivity index is 1.68. The number of benzene rings is 2. The number of urea groups is 1. The monoisotopic (exact) mass is 365 g/mol. The molecule has 1 aliphatic heterocycles. The summed E-state index contributed by atoms with van der Waals surface area (Å²) in [6.45, 7) is 3.96. The van der Waals surface area contributed by atoms with Crippen LogP contribution >= 0.6 is 0 Å². The molecule has 6 nitrogen and oxygen atoms in total. The van der Waals surface area contributed by atoms with Crippen molar-refractivity contribution in [2.45, 2.75) is 32.7 Å². The summed E-state index contributed by atoms with van der Waals surface area (Å²) in [5, 5.41) is 5.68. The molecular weight excluding hydrogens is 342 g/mol. The van der Waals surface area contributed by atoms with E-state index in [1.165, 1.54) is 6.92 Å². The van der Waals surface area contributed by atoms with Crippen molar-refractivity contribution in [2.24, 2.45) is 0 Å². The molecular formula is C21H23N3O3. The molecule has 0 aliphatic carbocycles. The number of aryl methyl sites for hydroxylation is 1. The number of nitrogens with one attached hydrogen (secondary N) is 2. The minimum absolute atomic E-state index is 0.0670. The summed E-state index contributed by atoms with van der Waals surface area (Å²) in [5.74, 6) is -0.256. The summed E-state index contributed by atoms with van der Waals surface area (Å²) >= 11 is 0. The van der Waals surface area contributed by atoms with Gasteiger partial charge in [-0.2, -0.15) is 0 Å². The Bertz CT molecular complexity index is 878. The van der Waals surface area contributed by atoms with Gasteiger partial charge in [0.05, 0.1) is 0 Å². The van der Waals surface area contributed by atoms with Crippen LogP contribution in [0.3, 0.4) is 0 Å². The highest BCUT2D eigenvalue weighted by molar-refractivity contribution is 6.00. The highest BCUT2D eigenvalue weighted by atomic mass is 16.2. The van der Waals surface area contributed by atoms with Crippen LogP contribution < -0.4 is 10.6 Å². The number of amides is 3. The number of carbonyl (C=O) groups excluding carboxylic acids is 3. The number of likely N-dealkylation sites (tertiary alicyclic amines) is 1. The number of rotatable bonds is 4. The molecule has 1 aliphatic rings. The molecule has 2 aromatic carbocycles. The number of anilines is 2. The first-order chi connectivity index (χ1) is 12.9. The van der Waals surface area contributed by atoms with Gasteiger partial charge in [-0.3, -0.25) is 9.59 Å². The molecule has 0 spiro atoms. The number of hydrogen-bond acceptors (Lipinski definition) is 3. The van der Waals surface area contributed by atoms with Gasteiger partial charge >= 0.3 is 6.03 Å². The molecule has 3 amide bonds. The Morgan fingerprint density at radius 3 is 2.41 bits per heavy atom. The van der Waals surface area contributed by atoms with Gasteiger partial charge in [-0.1, -0.05) is 24.3 Å². The molecule has 1 atom stereocenters. The van der Waals surface area contributed by atoms with Crippen molar-refractivity contribution >= 4 is 29.1 Å². The van der Waals surface area contributed by atoms with Crippen LogP contribution in [-0.4, -0.2) is 35.2 Å². The van der Waals surface area contributed by atoms with E-state index in [1.54, 1.807) is 29.2 Å². The van der Waals surface area contributed by atoms with Gasteiger partial charge in [0.25, 0.3) is 0 Å². The van der Waals surface area contributed by atoms with E-state index in [4.69, 9.17) is 0 Å². The lowest BCUT2D eigenvalue weighted by molar-refractivity contribution is -0.119. The van der Waals surface area contributed by atoms with Gasteiger partial charge in [-0.25, -0.2) is 4.79 Å². The minimum Gasteiger partial charge on any atom is -0.324 e. The molecule has 6 heteroatoms. The SMILES string of the molecule is CC(=O)c1cccc(NC(=O)N2CCC[C@@H]2C(=O)Nc2cccc(C)c2)c1. The Morgan fingerprint density at radius 2 is 1.70 bits per heavy atom. The van der Waals surface area contributed by atoms with Crippen molar-refractivity contribution in [3.05, 3.63) is 59.7 Å². The zero-order valence-electron chi connectivity index (χ0n) is 15.5. The van der Waals surface area contributed by atoms with E-state index < -0.39 is 6.04 Å². The highest BCUT2D eigenvalue weighted by Crippen LogP contribution is 2.21. The first-order valence-corrected chi connectivity index (χ1v) is 9.00. The molecule has 2 aromatic rings. The van der Waals surface area contributed by atoms with Crippen LogP contribution in [0.15, 0.2) is 48.5 Å². The topological polar surface area (TPSA) is 78.5 Å². The molecule has 0 radical (unpaired) electrons. The van der Waals surface area contributed by atoms with E-state index in [1.807, 2.05) is 31.2 Å². The van der Waals surface area contributed by atoms with E-state index in [0.29, 0.717) is 24.2 Å². The second-order valence-electron chi connectivity index (χ2n) is 6.78. The lowest BCUT2D eigenvalue weighted by Gasteiger charge is -2.24. The average molecular weight is 365 g/mol. The molecule has 1 saturated heterocycles. The van der Waals surface area contributed by atoms with Crippen molar-refractivity contribution < 1.29 is 14.4 Å². The average Bonchev–Trinajstić information content (AvgIpc) is 3.12. The zero-order valence-corrected chi connectivity index (χ0v) is 15.5. The summed E-state index contributed by atoms with van der Waals surface area (Å²) in [7, 11) is 0. The fourth-order valence-corrected chi connectivity index (χ4v) is 3.24. The van der Waals surface area contributed by atoms with Crippen LogP contribution in [0, 0.1) is 6.92 Å². The third kappa shape index (κ3) is 4.53. The second-order valence-corrected chi connectivity index (χ2v) is 6.78. The van der Waals surface area contributed by atoms with E-state index in [-0.39, 0.29) is 17.7 Å². The predicted octanol–water partition coefficient (Wildman–Crippen LogP) is 3.83. The Kier molecular flexibility index (Phi) is 5.54. The second kappa shape index (κ2) is 8.03. The van der Waals surface area contributed by atoms with Crippen LogP contribution in [0.1, 0.15) is 35.7 Å². The molecule has 27 heavy (non-hydrogen) atoms. The van der Waals surface area contributed by atoms with Gasteiger partial charge in [-0.15, -0.1) is 0 Å².